The number of Topliss-reactive ketones (excluding diaryl/α,β-unsaturated/α-hetero) is 1. The molecule has 0 aromatic carbocycles. The molecular weight excluding hydrogens is 196 g/mol. The molecule has 1 unspecified atom stereocenters. The Morgan fingerprint density at radius 3 is 3.07 bits per heavy atom. The summed E-state index contributed by atoms with van der Waals surface area (Å²) in [6.07, 6.45) is 7.58. The van der Waals surface area contributed by atoms with Crippen molar-refractivity contribution in [1.82, 2.24) is 0 Å². The summed E-state index contributed by atoms with van der Waals surface area (Å²) in [7, 11) is 0. The maximum absolute atomic E-state index is 10.7. The number of allylic oxidation sites excluding steroid dienone is 2. The largest absolute Gasteiger partial charge is 0.471 e. The van der Waals surface area contributed by atoms with Crippen molar-refractivity contribution in [2.75, 3.05) is 6.54 Å². The van der Waals surface area contributed by atoms with E-state index in [1.807, 2.05) is 6.08 Å². The normalized spacial score (nSPS) is 24.4. The summed E-state index contributed by atoms with van der Waals surface area (Å²) < 4.78 is 5.09. The molecule has 0 fully saturated rings. The van der Waals surface area contributed by atoms with Crippen molar-refractivity contribution in [3.05, 3.63) is 24.5 Å². The molecule has 1 atom stereocenters. The van der Waals surface area contributed by atoms with Crippen molar-refractivity contribution in [3.63, 3.8) is 0 Å². The van der Waals surface area contributed by atoms with Gasteiger partial charge in [0.1, 0.15) is 6.54 Å². The molecular formula is C9H8N4O2. The minimum absolute atomic E-state index is 0.0825. The summed E-state index contributed by atoms with van der Waals surface area (Å²) in [5.41, 5.74) is 0. The maximum atomic E-state index is 10.7. The van der Waals surface area contributed by atoms with Crippen molar-refractivity contribution in [2.45, 2.75) is 6.23 Å². The standard InChI is InChI=1S/C9H8N4O2/c14-7-5-10-9(11-6-7)13-12-8-3-1-2-4-15-8/h1-5,8H,6H2. The SMILES string of the molecule is O=C1C=NC(N=NC2C=CC=CO2)=NC1. The van der Waals surface area contributed by atoms with Gasteiger partial charge in [-0.05, 0) is 12.2 Å². The highest BCUT2D eigenvalue weighted by molar-refractivity contribution is 6.31. The molecule has 6 heteroatoms. The van der Waals surface area contributed by atoms with Gasteiger partial charge in [-0.25, -0.2) is 9.98 Å². The van der Waals surface area contributed by atoms with Crippen LogP contribution in [0.5, 0.6) is 0 Å². The highest BCUT2D eigenvalue weighted by Crippen LogP contribution is 2.04. The van der Waals surface area contributed by atoms with E-state index in [-0.39, 0.29) is 18.3 Å². The number of carbonyl (C=O) groups excluding carboxylic acids is 1. The zero-order valence-electron chi connectivity index (χ0n) is 7.78. The molecule has 0 N–H and O–H groups in total. The van der Waals surface area contributed by atoms with Gasteiger partial charge in [-0.3, -0.25) is 4.79 Å². The van der Waals surface area contributed by atoms with Crippen LogP contribution in [-0.4, -0.2) is 30.7 Å². The van der Waals surface area contributed by atoms with E-state index in [1.54, 1.807) is 12.2 Å². The van der Waals surface area contributed by atoms with Crippen LogP contribution in [0.15, 0.2) is 44.7 Å². The van der Waals surface area contributed by atoms with Gasteiger partial charge in [-0.2, -0.15) is 0 Å². The first kappa shape index (κ1) is 9.45. The zero-order chi connectivity index (χ0) is 10.5. The Kier molecular flexibility index (Phi) is 2.77. The van der Waals surface area contributed by atoms with E-state index in [4.69, 9.17) is 4.74 Å². The van der Waals surface area contributed by atoms with E-state index in [9.17, 15) is 4.79 Å². The van der Waals surface area contributed by atoms with Crippen molar-refractivity contribution in [3.8, 4) is 0 Å². The van der Waals surface area contributed by atoms with Crippen LogP contribution < -0.4 is 0 Å². The lowest BCUT2D eigenvalue weighted by Crippen LogP contribution is -2.12. The van der Waals surface area contributed by atoms with Crippen LogP contribution in [0, 0.1) is 0 Å². The Labute approximate surface area is 85.8 Å². The number of ketones is 1. The van der Waals surface area contributed by atoms with Gasteiger partial charge in [0.2, 0.25) is 6.23 Å². The molecule has 6 nitrogen and oxygen atoms in total. The Bertz CT molecular complexity index is 406. The monoisotopic (exact) mass is 204 g/mol. The summed E-state index contributed by atoms with van der Waals surface area (Å²) in [6.45, 7) is 0.0825. The van der Waals surface area contributed by atoms with E-state index in [0.29, 0.717) is 0 Å². The van der Waals surface area contributed by atoms with Gasteiger partial charge in [-0.15, -0.1) is 10.2 Å². The number of guanidine groups is 1. The fourth-order valence-corrected chi connectivity index (χ4v) is 0.967. The lowest BCUT2D eigenvalue weighted by atomic mass is 10.4. The fourth-order valence-electron chi connectivity index (χ4n) is 0.967. The lowest BCUT2D eigenvalue weighted by Gasteiger charge is -2.07. The lowest BCUT2D eigenvalue weighted by molar-refractivity contribution is -0.111. The van der Waals surface area contributed by atoms with Crippen LogP contribution in [0.25, 0.3) is 0 Å². The molecule has 0 aromatic heterocycles. The summed E-state index contributed by atoms with van der Waals surface area (Å²) in [5.74, 6) is 0.0619. The third-order valence-electron chi connectivity index (χ3n) is 1.64. The van der Waals surface area contributed by atoms with Crippen LogP contribution in [0.4, 0.5) is 0 Å². The molecule has 0 aromatic rings. The number of nitrogens with zero attached hydrogens (tertiary/aromatic N) is 4. The highest BCUT2D eigenvalue weighted by atomic mass is 16.5. The molecule has 2 rings (SSSR count). The number of hydrogen-bond acceptors (Lipinski definition) is 6. The third-order valence-corrected chi connectivity index (χ3v) is 1.64. The molecule has 0 aliphatic carbocycles. The average molecular weight is 204 g/mol. The Morgan fingerprint density at radius 1 is 1.47 bits per heavy atom. The predicted molar refractivity (Wildman–Crippen MR) is 53.8 cm³/mol. The van der Waals surface area contributed by atoms with E-state index in [1.165, 1.54) is 12.5 Å². The third kappa shape index (κ3) is 2.67. The Morgan fingerprint density at radius 2 is 2.40 bits per heavy atom. The second kappa shape index (κ2) is 4.41. The average Bonchev–Trinajstić information content (AvgIpc) is 2.30. The molecule has 0 amide bonds. The summed E-state index contributed by atoms with van der Waals surface area (Å²) in [5, 5.41) is 7.60. The van der Waals surface area contributed by atoms with E-state index in [2.05, 4.69) is 20.2 Å². The Hall–Kier alpha value is -2.11. The van der Waals surface area contributed by atoms with Crippen LogP contribution in [0.2, 0.25) is 0 Å². The van der Waals surface area contributed by atoms with E-state index >= 15 is 0 Å². The van der Waals surface area contributed by atoms with E-state index in [0.717, 1.165) is 0 Å². The molecule has 2 heterocycles. The zero-order valence-corrected chi connectivity index (χ0v) is 7.78. The second-order valence-corrected chi connectivity index (χ2v) is 2.80. The molecule has 15 heavy (non-hydrogen) atoms. The second-order valence-electron chi connectivity index (χ2n) is 2.80. The van der Waals surface area contributed by atoms with Crippen molar-refractivity contribution < 1.29 is 9.53 Å². The Balaban J connectivity index is 1.94. The summed E-state index contributed by atoms with van der Waals surface area (Å²) >= 11 is 0. The van der Waals surface area contributed by atoms with Gasteiger partial charge in [0, 0.05) is 0 Å². The molecule has 0 bridgehead atoms. The van der Waals surface area contributed by atoms with Gasteiger partial charge >= 0.3 is 0 Å². The number of carbonyl (C=O) groups is 1. The fraction of sp³-hybridized carbons (Fsp3) is 0.222. The number of rotatable bonds is 1. The molecule has 0 saturated carbocycles. The maximum Gasteiger partial charge on any atom is 0.264 e. The number of ether oxygens (including phenoxy) is 1. The van der Waals surface area contributed by atoms with Gasteiger partial charge in [0.25, 0.3) is 5.96 Å². The van der Waals surface area contributed by atoms with Crippen LogP contribution in [0.1, 0.15) is 0 Å². The summed E-state index contributed by atoms with van der Waals surface area (Å²) in [4.78, 5) is 18.3. The molecule has 76 valence electrons. The first-order chi connectivity index (χ1) is 7.34. The molecule has 2 aliphatic heterocycles. The molecule has 0 radical (unpaired) electrons. The number of hydrogen-bond donors (Lipinski definition) is 0. The first-order valence-electron chi connectivity index (χ1n) is 4.35. The molecule has 0 saturated heterocycles. The van der Waals surface area contributed by atoms with Crippen molar-refractivity contribution in [1.29, 1.82) is 0 Å². The predicted octanol–water partition coefficient (Wildman–Crippen LogP) is 0.874. The topological polar surface area (TPSA) is 75.7 Å². The van der Waals surface area contributed by atoms with Crippen LogP contribution >= 0.6 is 0 Å². The number of azo groups is 1. The minimum Gasteiger partial charge on any atom is -0.471 e. The van der Waals surface area contributed by atoms with Crippen molar-refractivity contribution in [2.24, 2.45) is 20.2 Å². The minimum atomic E-state index is -0.439. The van der Waals surface area contributed by atoms with Crippen LogP contribution in [-0.2, 0) is 9.53 Å². The van der Waals surface area contributed by atoms with E-state index < -0.39 is 6.23 Å². The summed E-state index contributed by atoms with van der Waals surface area (Å²) in [6, 6.07) is 0. The molecule has 2 aliphatic rings. The van der Waals surface area contributed by atoms with Gasteiger partial charge < -0.3 is 4.74 Å². The quantitative estimate of drug-likeness (QED) is 0.594. The van der Waals surface area contributed by atoms with Gasteiger partial charge in [0.15, 0.2) is 5.78 Å². The van der Waals surface area contributed by atoms with Gasteiger partial charge in [-0.1, -0.05) is 6.08 Å². The smallest absolute Gasteiger partial charge is 0.264 e. The van der Waals surface area contributed by atoms with Gasteiger partial charge in [0.05, 0.1) is 12.5 Å². The van der Waals surface area contributed by atoms with Crippen LogP contribution in [0.3, 0.4) is 0 Å². The molecule has 0 spiro atoms. The highest BCUT2D eigenvalue weighted by Gasteiger charge is 2.07. The first-order valence-corrected chi connectivity index (χ1v) is 4.35. The number of aliphatic imine (C=N–C) groups is 2. The van der Waals surface area contributed by atoms with Crippen molar-refractivity contribution >= 4 is 18.0 Å².